The molecule has 0 radical (unpaired) electrons. The van der Waals surface area contributed by atoms with Crippen LogP contribution in [0.3, 0.4) is 0 Å². The lowest BCUT2D eigenvalue weighted by Crippen LogP contribution is -2.36. The Morgan fingerprint density at radius 1 is 1.44 bits per heavy atom. The minimum Gasteiger partial charge on any atom is -0.466 e. The number of carbonyl (C=O) groups excluding carboxylic acids is 1. The molecule has 1 aliphatic heterocycles. The molecule has 0 aromatic carbocycles. The Bertz CT molecular complexity index is 394. The van der Waals surface area contributed by atoms with Crippen LogP contribution in [0.15, 0.2) is 12.1 Å². The molecule has 0 amide bonds. The largest absolute Gasteiger partial charge is 0.466 e. The molecule has 1 fully saturated rings. The van der Waals surface area contributed by atoms with E-state index < -0.39 is 0 Å². The van der Waals surface area contributed by atoms with Gasteiger partial charge < -0.3 is 4.74 Å². The number of likely N-dealkylation sites (tertiary alicyclic amines) is 1. The number of piperidine rings is 1. The molecule has 1 aliphatic rings. The standard InChI is InChI=1S/C14H21NO2S/c1-3-17-14(16)12-6-8-15(9-7-12)10-13-5-4-11(2)18-13/h4-5,12H,3,6-10H2,1-2H3. The van der Waals surface area contributed by atoms with Crippen LogP contribution in [0.5, 0.6) is 0 Å². The van der Waals surface area contributed by atoms with E-state index in [1.54, 1.807) is 0 Å². The molecule has 100 valence electrons. The summed E-state index contributed by atoms with van der Waals surface area (Å²) in [5.41, 5.74) is 0. The number of esters is 1. The smallest absolute Gasteiger partial charge is 0.309 e. The molecule has 0 saturated carbocycles. The van der Waals surface area contributed by atoms with Crippen LogP contribution < -0.4 is 0 Å². The maximum absolute atomic E-state index is 11.6. The summed E-state index contributed by atoms with van der Waals surface area (Å²) in [7, 11) is 0. The second-order valence-corrected chi connectivity index (χ2v) is 6.19. The Balaban J connectivity index is 1.78. The third kappa shape index (κ3) is 3.56. The van der Waals surface area contributed by atoms with Gasteiger partial charge in [-0.3, -0.25) is 9.69 Å². The minimum atomic E-state index is -0.0101. The number of thiophene rings is 1. The molecule has 2 rings (SSSR count). The second-order valence-electron chi connectivity index (χ2n) is 4.81. The first-order chi connectivity index (χ1) is 8.69. The Labute approximate surface area is 113 Å². The van der Waals surface area contributed by atoms with Gasteiger partial charge in [0.05, 0.1) is 12.5 Å². The number of hydrogen-bond acceptors (Lipinski definition) is 4. The molecule has 0 atom stereocenters. The molecule has 1 saturated heterocycles. The highest BCUT2D eigenvalue weighted by molar-refractivity contribution is 7.11. The van der Waals surface area contributed by atoms with Crippen molar-refractivity contribution in [2.24, 2.45) is 5.92 Å². The van der Waals surface area contributed by atoms with Gasteiger partial charge in [-0.15, -0.1) is 11.3 Å². The average Bonchev–Trinajstić information content (AvgIpc) is 2.76. The van der Waals surface area contributed by atoms with Crippen molar-refractivity contribution in [3.8, 4) is 0 Å². The molecular weight excluding hydrogens is 246 g/mol. The van der Waals surface area contributed by atoms with Gasteiger partial charge >= 0.3 is 5.97 Å². The lowest BCUT2D eigenvalue weighted by molar-refractivity contribution is -0.149. The molecule has 2 heterocycles. The van der Waals surface area contributed by atoms with Crippen LogP contribution in [-0.2, 0) is 16.1 Å². The number of aryl methyl sites for hydroxylation is 1. The van der Waals surface area contributed by atoms with Crippen LogP contribution in [-0.4, -0.2) is 30.6 Å². The fraction of sp³-hybridized carbons (Fsp3) is 0.643. The molecule has 0 unspecified atom stereocenters. The molecule has 1 aromatic rings. The van der Waals surface area contributed by atoms with Gasteiger partial charge in [-0.2, -0.15) is 0 Å². The van der Waals surface area contributed by atoms with Crippen molar-refractivity contribution in [3.63, 3.8) is 0 Å². The Hall–Kier alpha value is -0.870. The maximum Gasteiger partial charge on any atom is 0.309 e. The number of ether oxygens (including phenoxy) is 1. The van der Waals surface area contributed by atoms with E-state index in [1.807, 2.05) is 18.3 Å². The predicted octanol–water partition coefficient (Wildman–Crippen LogP) is 2.83. The topological polar surface area (TPSA) is 29.5 Å². The van der Waals surface area contributed by atoms with E-state index in [2.05, 4.69) is 24.0 Å². The van der Waals surface area contributed by atoms with Gasteiger partial charge in [-0.1, -0.05) is 0 Å². The van der Waals surface area contributed by atoms with Gasteiger partial charge in [0.1, 0.15) is 0 Å². The second kappa shape index (κ2) is 6.34. The van der Waals surface area contributed by atoms with Crippen molar-refractivity contribution in [1.29, 1.82) is 0 Å². The summed E-state index contributed by atoms with van der Waals surface area (Å²) in [6.45, 7) is 7.52. The normalized spacial score (nSPS) is 17.9. The van der Waals surface area contributed by atoms with Gasteiger partial charge in [0, 0.05) is 16.3 Å². The third-order valence-electron chi connectivity index (χ3n) is 3.38. The van der Waals surface area contributed by atoms with Crippen molar-refractivity contribution in [2.75, 3.05) is 19.7 Å². The van der Waals surface area contributed by atoms with Crippen molar-refractivity contribution >= 4 is 17.3 Å². The molecule has 0 bridgehead atoms. The van der Waals surface area contributed by atoms with Gasteiger partial charge in [0.25, 0.3) is 0 Å². The van der Waals surface area contributed by atoms with E-state index in [0.29, 0.717) is 6.61 Å². The quantitative estimate of drug-likeness (QED) is 0.786. The lowest BCUT2D eigenvalue weighted by atomic mass is 9.97. The van der Waals surface area contributed by atoms with E-state index in [0.717, 1.165) is 32.5 Å². The first-order valence-electron chi connectivity index (χ1n) is 6.63. The summed E-state index contributed by atoms with van der Waals surface area (Å²) in [5, 5.41) is 0. The van der Waals surface area contributed by atoms with Crippen LogP contribution in [0.4, 0.5) is 0 Å². The Morgan fingerprint density at radius 2 is 2.17 bits per heavy atom. The molecule has 0 spiro atoms. The van der Waals surface area contributed by atoms with E-state index in [1.165, 1.54) is 9.75 Å². The molecule has 4 heteroatoms. The summed E-state index contributed by atoms with van der Waals surface area (Å²) < 4.78 is 5.08. The monoisotopic (exact) mass is 267 g/mol. The molecule has 1 aromatic heterocycles. The van der Waals surface area contributed by atoms with Gasteiger partial charge in [0.2, 0.25) is 0 Å². The molecule has 3 nitrogen and oxygen atoms in total. The molecule has 18 heavy (non-hydrogen) atoms. The number of nitrogens with zero attached hydrogens (tertiary/aromatic N) is 1. The average molecular weight is 267 g/mol. The van der Waals surface area contributed by atoms with Gasteiger partial charge in [-0.25, -0.2) is 0 Å². The summed E-state index contributed by atoms with van der Waals surface area (Å²) >= 11 is 1.86. The maximum atomic E-state index is 11.6. The Kier molecular flexibility index (Phi) is 4.78. The highest BCUT2D eigenvalue weighted by atomic mass is 32.1. The van der Waals surface area contributed by atoms with Crippen molar-refractivity contribution in [1.82, 2.24) is 4.90 Å². The zero-order valence-corrected chi connectivity index (χ0v) is 12.0. The number of rotatable bonds is 4. The highest BCUT2D eigenvalue weighted by Crippen LogP contribution is 2.22. The highest BCUT2D eigenvalue weighted by Gasteiger charge is 2.25. The van der Waals surface area contributed by atoms with Crippen LogP contribution in [0.25, 0.3) is 0 Å². The third-order valence-corrected chi connectivity index (χ3v) is 4.37. The van der Waals surface area contributed by atoms with Gasteiger partial charge in [-0.05, 0) is 51.9 Å². The summed E-state index contributed by atoms with van der Waals surface area (Å²) in [4.78, 5) is 16.8. The lowest BCUT2D eigenvalue weighted by Gasteiger charge is -2.30. The number of carbonyl (C=O) groups is 1. The Morgan fingerprint density at radius 3 is 2.72 bits per heavy atom. The van der Waals surface area contributed by atoms with Crippen LogP contribution in [0, 0.1) is 12.8 Å². The van der Waals surface area contributed by atoms with Crippen LogP contribution >= 0.6 is 11.3 Å². The molecule has 0 aliphatic carbocycles. The fourth-order valence-corrected chi connectivity index (χ4v) is 3.31. The van der Waals surface area contributed by atoms with E-state index in [9.17, 15) is 4.79 Å². The summed E-state index contributed by atoms with van der Waals surface area (Å²) in [6, 6.07) is 4.38. The predicted molar refractivity (Wildman–Crippen MR) is 73.7 cm³/mol. The van der Waals surface area contributed by atoms with Crippen LogP contribution in [0.1, 0.15) is 29.5 Å². The first kappa shape index (κ1) is 13.6. The summed E-state index contributed by atoms with van der Waals surface area (Å²) in [6.07, 6.45) is 1.87. The first-order valence-corrected chi connectivity index (χ1v) is 7.45. The van der Waals surface area contributed by atoms with E-state index in [-0.39, 0.29) is 11.9 Å². The van der Waals surface area contributed by atoms with E-state index >= 15 is 0 Å². The van der Waals surface area contributed by atoms with Crippen LogP contribution in [0.2, 0.25) is 0 Å². The zero-order chi connectivity index (χ0) is 13.0. The molecular formula is C14H21NO2S. The minimum absolute atomic E-state index is 0.0101. The summed E-state index contributed by atoms with van der Waals surface area (Å²) in [5.74, 6) is 0.107. The van der Waals surface area contributed by atoms with Crippen molar-refractivity contribution in [2.45, 2.75) is 33.2 Å². The zero-order valence-electron chi connectivity index (χ0n) is 11.1. The van der Waals surface area contributed by atoms with E-state index in [4.69, 9.17) is 4.74 Å². The fourth-order valence-electron chi connectivity index (χ4n) is 2.38. The van der Waals surface area contributed by atoms with Crippen molar-refractivity contribution < 1.29 is 9.53 Å². The SMILES string of the molecule is CCOC(=O)C1CCN(Cc2ccc(C)s2)CC1. The van der Waals surface area contributed by atoms with Crippen molar-refractivity contribution in [3.05, 3.63) is 21.9 Å². The van der Waals surface area contributed by atoms with Gasteiger partial charge in [0.15, 0.2) is 0 Å². The number of hydrogen-bond donors (Lipinski definition) is 0. The molecule has 0 N–H and O–H groups in total.